The van der Waals surface area contributed by atoms with E-state index < -0.39 is 40.9 Å². The minimum absolute atomic E-state index is 0.115. The Hall–Kier alpha value is -3.50. The van der Waals surface area contributed by atoms with E-state index in [9.17, 15) is 27.9 Å². The van der Waals surface area contributed by atoms with Crippen LogP contribution in [0.1, 0.15) is 31.4 Å². The molecular weight excluding hydrogens is 539 g/mol. The number of oxazole rings is 1. The van der Waals surface area contributed by atoms with Crippen LogP contribution in [-0.4, -0.2) is 35.0 Å². The van der Waals surface area contributed by atoms with Gasteiger partial charge in [-0.15, -0.1) is 0 Å². The number of allylic oxidation sites excluding steroid dienone is 4. The van der Waals surface area contributed by atoms with Crippen molar-refractivity contribution in [3.8, 4) is 5.75 Å². The molecule has 3 atom stereocenters. The first-order valence-electron chi connectivity index (χ1n) is 12.2. The molecule has 0 fully saturated rings. The van der Waals surface area contributed by atoms with Gasteiger partial charge in [-0.2, -0.15) is 13.2 Å². The van der Waals surface area contributed by atoms with Crippen molar-refractivity contribution >= 4 is 34.2 Å². The van der Waals surface area contributed by atoms with Gasteiger partial charge in [0, 0.05) is 23.9 Å². The number of carbonyl (C=O) groups is 1. The average Bonchev–Trinajstić information content (AvgIpc) is 3.19. The molecule has 1 unspecified atom stereocenters. The Labute approximate surface area is 227 Å². The molecule has 0 amide bonds. The molecular formula is C28H27ClF3NO6. The average molecular weight is 566 g/mol. The topological polar surface area (TPSA) is 90.9 Å². The van der Waals surface area contributed by atoms with Crippen LogP contribution in [0.15, 0.2) is 68.9 Å². The van der Waals surface area contributed by atoms with Gasteiger partial charge >= 0.3 is 17.9 Å². The quantitative estimate of drug-likeness (QED) is 0.353. The summed E-state index contributed by atoms with van der Waals surface area (Å²) in [4.78, 5) is 23.3. The molecule has 1 N–H and O–H groups in total. The third-order valence-corrected chi connectivity index (χ3v) is 7.40. The van der Waals surface area contributed by atoms with Gasteiger partial charge in [0.15, 0.2) is 17.8 Å². The van der Waals surface area contributed by atoms with Crippen molar-refractivity contribution in [3.05, 3.63) is 81.3 Å². The van der Waals surface area contributed by atoms with E-state index in [0.717, 1.165) is 22.3 Å². The maximum atomic E-state index is 14.5. The summed E-state index contributed by atoms with van der Waals surface area (Å²) in [6, 6.07) is 10.3. The standard InChI is InChI=1S/C28H27ClF3NO6/c1-4-37-25(34)15-38-20-9-5-17(6-10-20)18-7-11-21(22(29)13-18)16(2)27(36,28(30,31)32)19-8-12-24-23(14-19)33(3)26(35)39-24/h5-10,12-14,16,21,36H,4,11,15H2,1-3H3/t16-,21?,27-/m1/s1. The number of benzene rings is 2. The molecule has 7 nitrogen and oxygen atoms in total. The van der Waals surface area contributed by atoms with Crippen molar-refractivity contribution in [2.24, 2.45) is 18.9 Å². The van der Waals surface area contributed by atoms with E-state index in [4.69, 9.17) is 25.5 Å². The summed E-state index contributed by atoms with van der Waals surface area (Å²) in [5.74, 6) is -2.97. The van der Waals surface area contributed by atoms with Gasteiger partial charge in [0.25, 0.3) is 0 Å². The van der Waals surface area contributed by atoms with E-state index in [0.29, 0.717) is 11.3 Å². The fraction of sp³-hybridized carbons (Fsp3) is 0.357. The Bertz CT molecular complexity index is 1490. The van der Waals surface area contributed by atoms with E-state index in [1.54, 1.807) is 43.3 Å². The fourth-order valence-corrected chi connectivity index (χ4v) is 5.15. The van der Waals surface area contributed by atoms with E-state index in [2.05, 4.69) is 0 Å². The number of hydrogen-bond acceptors (Lipinski definition) is 6. The number of aliphatic hydroxyl groups is 1. The molecule has 1 aromatic heterocycles. The van der Waals surface area contributed by atoms with Crippen LogP contribution in [0.25, 0.3) is 16.7 Å². The molecule has 39 heavy (non-hydrogen) atoms. The van der Waals surface area contributed by atoms with Gasteiger partial charge in [0.1, 0.15) is 5.75 Å². The largest absolute Gasteiger partial charge is 0.482 e. The number of carbonyl (C=O) groups excluding carboxylic acids is 1. The second-order valence-corrected chi connectivity index (χ2v) is 9.75. The van der Waals surface area contributed by atoms with Crippen LogP contribution >= 0.6 is 11.6 Å². The number of rotatable bonds is 8. The highest BCUT2D eigenvalue weighted by atomic mass is 35.5. The molecule has 0 saturated heterocycles. The van der Waals surface area contributed by atoms with Crippen LogP contribution < -0.4 is 10.5 Å². The lowest BCUT2D eigenvalue weighted by Crippen LogP contribution is -2.50. The summed E-state index contributed by atoms with van der Waals surface area (Å²) in [6.45, 7) is 3.03. The summed E-state index contributed by atoms with van der Waals surface area (Å²) < 4.78 is 59.8. The number of halogens is 4. The predicted octanol–water partition coefficient (Wildman–Crippen LogP) is 5.69. The Balaban J connectivity index is 1.57. The monoisotopic (exact) mass is 565 g/mol. The second-order valence-electron chi connectivity index (χ2n) is 9.31. The van der Waals surface area contributed by atoms with Crippen molar-refractivity contribution < 1.29 is 37.0 Å². The summed E-state index contributed by atoms with van der Waals surface area (Å²) in [5.41, 5.74) is -1.97. The normalized spacial score (nSPS) is 18.2. The number of nitrogens with zero attached hydrogens (tertiary/aromatic N) is 1. The van der Waals surface area contributed by atoms with Crippen LogP contribution in [0.2, 0.25) is 0 Å². The van der Waals surface area contributed by atoms with Crippen LogP contribution in [0.5, 0.6) is 5.75 Å². The molecule has 0 spiro atoms. The fourth-order valence-electron chi connectivity index (χ4n) is 4.75. The van der Waals surface area contributed by atoms with Gasteiger partial charge < -0.3 is 19.0 Å². The lowest BCUT2D eigenvalue weighted by Gasteiger charge is -2.40. The number of ether oxygens (including phenoxy) is 2. The lowest BCUT2D eigenvalue weighted by atomic mass is 9.72. The number of fused-ring (bicyclic) bond motifs is 1. The first kappa shape index (κ1) is 28.5. The number of aromatic nitrogens is 1. The first-order valence-corrected chi connectivity index (χ1v) is 12.6. The molecule has 3 aromatic rings. The summed E-state index contributed by atoms with van der Waals surface area (Å²) in [6.07, 6.45) is -1.54. The summed E-state index contributed by atoms with van der Waals surface area (Å²) >= 11 is 6.54. The Morgan fingerprint density at radius 1 is 1.23 bits per heavy atom. The second kappa shape index (κ2) is 10.9. The van der Waals surface area contributed by atoms with Gasteiger partial charge in [-0.1, -0.05) is 42.8 Å². The van der Waals surface area contributed by atoms with Crippen LogP contribution in [-0.2, 0) is 22.2 Å². The molecule has 0 radical (unpaired) electrons. The minimum Gasteiger partial charge on any atom is -0.482 e. The molecule has 208 valence electrons. The minimum atomic E-state index is -5.04. The maximum absolute atomic E-state index is 14.5. The molecule has 11 heteroatoms. The maximum Gasteiger partial charge on any atom is 0.421 e. The highest BCUT2D eigenvalue weighted by Gasteiger charge is 2.60. The molecule has 1 aliphatic rings. The Kier molecular flexibility index (Phi) is 7.99. The molecule has 0 bridgehead atoms. The van der Waals surface area contributed by atoms with E-state index in [1.165, 1.54) is 20.0 Å². The zero-order chi connectivity index (χ0) is 28.5. The summed E-state index contributed by atoms with van der Waals surface area (Å²) in [7, 11) is 1.38. The number of alkyl halides is 3. The van der Waals surface area contributed by atoms with Gasteiger partial charge in [-0.05, 0) is 60.4 Å². The van der Waals surface area contributed by atoms with Crippen molar-refractivity contribution in [1.29, 1.82) is 0 Å². The third kappa shape index (κ3) is 5.49. The number of aryl methyl sites for hydroxylation is 1. The third-order valence-electron chi connectivity index (χ3n) is 7.02. The van der Waals surface area contributed by atoms with Crippen LogP contribution in [0.3, 0.4) is 0 Å². The Morgan fingerprint density at radius 2 is 1.92 bits per heavy atom. The molecule has 1 heterocycles. The smallest absolute Gasteiger partial charge is 0.421 e. The van der Waals surface area contributed by atoms with E-state index >= 15 is 0 Å². The molecule has 2 aromatic carbocycles. The number of hydrogen-bond donors (Lipinski definition) is 1. The van der Waals surface area contributed by atoms with Crippen molar-refractivity contribution in [2.75, 3.05) is 13.2 Å². The van der Waals surface area contributed by atoms with Gasteiger partial charge in [-0.25, -0.2) is 9.59 Å². The number of esters is 1. The van der Waals surface area contributed by atoms with Gasteiger partial charge in [-0.3, -0.25) is 4.57 Å². The van der Waals surface area contributed by atoms with Gasteiger partial charge in [0.05, 0.1) is 12.1 Å². The highest BCUT2D eigenvalue weighted by molar-refractivity contribution is 6.30. The van der Waals surface area contributed by atoms with Crippen LogP contribution in [0.4, 0.5) is 13.2 Å². The zero-order valence-electron chi connectivity index (χ0n) is 21.4. The van der Waals surface area contributed by atoms with E-state index in [-0.39, 0.29) is 35.8 Å². The molecule has 1 aliphatic carbocycles. The Morgan fingerprint density at radius 3 is 2.54 bits per heavy atom. The highest BCUT2D eigenvalue weighted by Crippen LogP contribution is 2.51. The first-order chi connectivity index (χ1) is 18.4. The summed E-state index contributed by atoms with van der Waals surface area (Å²) in [5, 5.41) is 11.4. The lowest BCUT2D eigenvalue weighted by molar-refractivity contribution is -0.289. The van der Waals surface area contributed by atoms with Crippen molar-refractivity contribution in [1.82, 2.24) is 4.57 Å². The predicted molar refractivity (Wildman–Crippen MR) is 139 cm³/mol. The van der Waals surface area contributed by atoms with E-state index in [1.807, 2.05) is 0 Å². The molecule has 0 saturated carbocycles. The SMILES string of the molecule is CCOC(=O)COc1ccc(C2=CCC([C@@H](C)[C@@](O)(c3ccc4oc(=O)n(C)c4c3)C(F)(F)F)C(Cl)=C2)cc1. The van der Waals surface area contributed by atoms with Crippen LogP contribution in [0, 0.1) is 11.8 Å². The molecule has 4 rings (SSSR count). The molecule has 0 aliphatic heterocycles. The zero-order valence-corrected chi connectivity index (χ0v) is 22.2. The van der Waals surface area contributed by atoms with Crippen molar-refractivity contribution in [3.63, 3.8) is 0 Å². The van der Waals surface area contributed by atoms with Crippen molar-refractivity contribution in [2.45, 2.75) is 32.0 Å². The van der Waals surface area contributed by atoms with Gasteiger partial charge in [0.2, 0.25) is 0 Å².